The molecule has 1 fully saturated rings. The highest BCUT2D eigenvalue weighted by atomic mass is 16.2. The molecule has 0 atom stereocenters. The van der Waals surface area contributed by atoms with E-state index in [1.807, 2.05) is 21.9 Å². The molecule has 4 rings (SSSR count). The van der Waals surface area contributed by atoms with E-state index in [2.05, 4.69) is 61.4 Å². The van der Waals surface area contributed by atoms with Crippen molar-refractivity contribution in [2.24, 2.45) is 5.92 Å². The number of rotatable bonds is 10. The first-order chi connectivity index (χ1) is 17.0. The number of fused-ring (bicyclic) bond motifs is 1. The summed E-state index contributed by atoms with van der Waals surface area (Å²) in [5.74, 6) is 0.287. The second-order valence-electron chi connectivity index (χ2n) is 10.0. The van der Waals surface area contributed by atoms with Crippen molar-refractivity contribution in [1.82, 2.24) is 14.8 Å². The molecule has 2 aromatic carbocycles. The minimum Gasteiger partial charge on any atom is -0.361 e. The van der Waals surface area contributed by atoms with Crippen LogP contribution < -0.4 is 0 Å². The first-order valence-corrected chi connectivity index (χ1v) is 13.2. The lowest BCUT2D eigenvalue weighted by atomic mass is 9.88. The Balaban J connectivity index is 1.49. The Hall–Kier alpha value is -3.08. The molecule has 1 aromatic heterocycles. The molecular formula is C30H39N3O2. The number of amides is 2. The van der Waals surface area contributed by atoms with Crippen molar-refractivity contribution in [3.8, 4) is 0 Å². The summed E-state index contributed by atoms with van der Waals surface area (Å²) in [6.07, 6.45) is 9.06. The monoisotopic (exact) mass is 473 g/mol. The summed E-state index contributed by atoms with van der Waals surface area (Å²) in [5, 5.41) is 1.20. The fourth-order valence-electron chi connectivity index (χ4n) is 5.21. The van der Waals surface area contributed by atoms with Crippen molar-refractivity contribution >= 4 is 22.7 Å². The van der Waals surface area contributed by atoms with Crippen LogP contribution in [-0.2, 0) is 22.6 Å². The SMILES string of the molecule is CCCN(CC(=O)N(CCc1c[nH]c2ccccc12)Cc1ccc(C)cc1)C(=O)C1CCCCC1. The summed E-state index contributed by atoms with van der Waals surface area (Å²) in [6, 6.07) is 16.7. The van der Waals surface area contributed by atoms with E-state index in [-0.39, 0.29) is 24.3 Å². The summed E-state index contributed by atoms with van der Waals surface area (Å²) < 4.78 is 0. The van der Waals surface area contributed by atoms with Crippen molar-refractivity contribution < 1.29 is 9.59 Å². The lowest BCUT2D eigenvalue weighted by molar-refractivity contribution is -0.144. The number of benzene rings is 2. The van der Waals surface area contributed by atoms with E-state index in [0.29, 0.717) is 19.6 Å². The summed E-state index contributed by atoms with van der Waals surface area (Å²) in [6.45, 7) is 6.13. The molecule has 0 saturated heterocycles. The van der Waals surface area contributed by atoms with Crippen molar-refractivity contribution in [2.45, 2.75) is 65.3 Å². The van der Waals surface area contributed by atoms with Gasteiger partial charge in [-0.25, -0.2) is 0 Å². The van der Waals surface area contributed by atoms with Gasteiger partial charge in [0.25, 0.3) is 0 Å². The van der Waals surface area contributed by atoms with Gasteiger partial charge in [0.15, 0.2) is 0 Å². The Morgan fingerprint density at radius 2 is 1.69 bits per heavy atom. The zero-order chi connectivity index (χ0) is 24.6. The van der Waals surface area contributed by atoms with E-state index in [1.54, 1.807) is 0 Å². The van der Waals surface area contributed by atoms with Crippen molar-refractivity contribution in [2.75, 3.05) is 19.6 Å². The Morgan fingerprint density at radius 3 is 2.43 bits per heavy atom. The summed E-state index contributed by atoms with van der Waals surface area (Å²) in [5.41, 5.74) is 4.65. The van der Waals surface area contributed by atoms with Crippen LogP contribution in [0.3, 0.4) is 0 Å². The number of carbonyl (C=O) groups is 2. The minimum absolute atomic E-state index is 0.0306. The van der Waals surface area contributed by atoms with Gasteiger partial charge < -0.3 is 14.8 Å². The van der Waals surface area contributed by atoms with Crippen LogP contribution in [0.5, 0.6) is 0 Å². The lowest BCUT2D eigenvalue weighted by Crippen LogP contribution is -2.45. The molecule has 5 heteroatoms. The molecule has 0 aliphatic heterocycles. The van der Waals surface area contributed by atoms with E-state index in [0.717, 1.165) is 49.6 Å². The molecule has 0 spiro atoms. The van der Waals surface area contributed by atoms with Crippen LogP contribution in [0.15, 0.2) is 54.7 Å². The summed E-state index contributed by atoms with van der Waals surface area (Å²) in [7, 11) is 0. The zero-order valence-corrected chi connectivity index (χ0v) is 21.3. The quantitative estimate of drug-likeness (QED) is 0.401. The van der Waals surface area contributed by atoms with Crippen molar-refractivity contribution in [3.05, 3.63) is 71.4 Å². The van der Waals surface area contributed by atoms with Crippen LogP contribution in [-0.4, -0.2) is 46.2 Å². The van der Waals surface area contributed by atoms with E-state index in [1.165, 1.54) is 22.9 Å². The molecule has 2 amide bonds. The van der Waals surface area contributed by atoms with Gasteiger partial charge in [-0.3, -0.25) is 9.59 Å². The number of aryl methyl sites for hydroxylation is 1. The third kappa shape index (κ3) is 6.53. The fraction of sp³-hybridized carbons (Fsp3) is 0.467. The number of carbonyl (C=O) groups excluding carboxylic acids is 2. The van der Waals surface area contributed by atoms with E-state index < -0.39 is 0 Å². The van der Waals surface area contributed by atoms with Crippen LogP contribution >= 0.6 is 0 Å². The van der Waals surface area contributed by atoms with Gasteiger partial charge in [-0.1, -0.05) is 74.2 Å². The Morgan fingerprint density at radius 1 is 0.943 bits per heavy atom. The normalized spacial score (nSPS) is 14.2. The van der Waals surface area contributed by atoms with E-state index in [9.17, 15) is 9.59 Å². The second kappa shape index (κ2) is 12.1. The van der Waals surface area contributed by atoms with Crippen molar-refractivity contribution in [1.29, 1.82) is 0 Å². The van der Waals surface area contributed by atoms with E-state index >= 15 is 0 Å². The topological polar surface area (TPSA) is 56.4 Å². The average Bonchev–Trinajstić information content (AvgIpc) is 3.30. The summed E-state index contributed by atoms with van der Waals surface area (Å²) in [4.78, 5) is 34.0. The predicted octanol–water partition coefficient (Wildman–Crippen LogP) is 5.87. The van der Waals surface area contributed by atoms with Crippen LogP contribution in [0.4, 0.5) is 0 Å². The first-order valence-electron chi connectivity index (χ1n) is 13.2. The number of para-hydroxylation sites is 1. The molecule has 5 nitrogen and oxygen atoms in total. The molecule has 1 saturated carbocycles. The average molecular weight is 474 g/mol. The third-order valence-electron chi connectivity index (χ3n) is 7.26. The minimum atomic E-state index is 0.0306. The van der Waals surface area contributed by atoms with Gasteiger partial charge >= 0.3 is 0 Å². The molecule has 0 radical (unpaired) electrons. The number of hydrogen-bond donors (Lipinski definition) is 1. The molecule has 3 aromatic rings. The van der Waals surface area contributed by atoms with E-state index in [4.69, 9.17) is 0 Å². The van der Waals surface area contributed by atoms with Gasteiger partial charge in [-0.15, -0.1) is 0 Å². The largest absolute Gasteiger partial charge is 0.361 e. The molecular weight excluding hydrogens is 434 g/mol. The van der Waals surface area contributed by atoms with Gasteiger partial charge in [-0.2, -0.15) is 0 Å². The number of aromatic amines is 1. The van der Waals surface area contributed by atoms with Gasteiger partial charge in [0, 0.05) is 42.7 Å². The predicted molar refractivity (Wildman–Crippen MR) is 142 cm³/mol. The highest BCUT2D eigenvalue weighted by Crippen LogP contribution is 2.26. The third-order valence-corrected chi connectivity index (χ3v) is 7.26. The maximum absolute atomic E-state index is 13.6. The number of nitrogens with one attached hydrogen (secondary N) is 1. The van der Waals surface area contributed by atoms with Crippen LogP contribution in [0, 0.1) is 12.8 Å². The molecule has 1 heterocycles. The second-order valence-corrected chi connectivity index (χ2v) is 10.0. The Kier molecular flexibility index (Phi) is 8.62. The van der Waals surface area contributed by atoms with Gasteiger partial charge in [-0.05, 0) is 49.8 Å². The Labute approximate surface area is 209 Å². The standard InChI is InChI=1S/C30H39N3O2/c1-3-18-33(30(35)25-9-5-4-6-10-25)22-29(34)32(21-24-15-13-23(2)14-16-24)19-17-26-20-31-28-12-8-7-11-27(26)28/h7-8,11-16,20,25,31H,3-6,9-10,17-19,21-22H2,1-2H3. The molecule has 1 aliphatic rings. The molecule has 0 bridgehead atoms. The summed E-state index contributed by atoms with van der Waals surface area (Å²) >= 11 is 0. The lowest BCUT2D eigenvalue weighted by Gasteiger charge is -2.31. The van der Waals surface area contributed by atoms with Gasteiger partial charge in [0.1, 0.15) is 0 Å². The number of hydrogen-bond acceptors (Lipinski definition) is 2. The van der Waals surface area contributed by atoms with Crippen LogP contribution in [0.2, 0.25) is 0 Å². The van der Waals surface area contributed by atoms with Crippen LogP contribution in [0.25, 0.3) is 10.9 Å². The molecule has 1 aliphatic carbocycles. The maximum Gasteiger partial charge on any atom is 0.242 e. The highest BCUT2D eigenvalue weighted by molar-refractivity contribution is 5.86. The smallest absolute Gasteiger partial charge is 0.242 e. The molecule has 1 N–H and O–H groups in total. The Bertz CT molecular complexity index is 1110. The number of nitrogens with zero attached hydrogens (tertiary/aromatic N) is 2. The zero-order valence-electron chi connectivity index (χ0n) is 21.3. The molecule has 0 unspecified atom stereocenters. The number of H-pyrrole nitrogens is 1. The van der Waals surface area contributed by atoms with Crippen LogP contribution in [0.1, 0.15) is 62.1 Å². The van der Waals surface area contributed by atoms with Gasteiger partial charge in [0.05, 0.1) is 6.54 Å². The first kappa shape index (κ1) is 25.0. The van der Waals surface area contributed by atoms with Gasteiger partial charge in [0.2, 0.25) is 11.8 Å². The fourth-order valence-corrected chi connectivity index (χ4v) is 5.21. The number of aromatic nitrogens is 1. The highest BCUT2D eigenvalue weighted by Gasteiger charge is 2.28. The van der Waals surface area contributed by atoms with Crippen molar-refractivity contribution in [3.63, 3.8) is 0 Å². The maximum atomic E-state index is 13.6. The molecule has 35 heavy (non-hydrogen) atoms. The molecule has 186 valence electrons.